The van der Waals surface area contributed by atoms with Crippen LogP contribution in [-0.2, 0) is 0 Å². The van der Waals surface area contributed by atoms with Gasteiger partial charge in [0.15, 0.2) is 5.82 Å². The summed E-state index contributed by atoms with van der Waals surface area (Å²) in [4.78, 5) is 7.36. The van der Waals surface area contributed by atoms with E-state index in [0.717, 1.165) is 11.5 Å². The third-order valence-corrected chi connectivity index (χ3v) is 7.19. The van der Waals surface area contributed by atoms with Crippen LogP contribution in [0.3, 0.4) is 0 Å². The largest absolute Gasteiger partial charge is 0.339 e. The number of hydrogen-bond donors (Lipinski definition) is 1. The summed E-state index contributed by atoms with van der Waals surface area (Å²) in [5.41, 5.74) is 2.31. The normalized spacial score (nSPS) is 15.1. The number of anilines is 2. The van der Waals surface area contributed by atoms with Crippen LogP contribution in [0.15, 0.2) is 47.6 Å². The zero-order valence-electron chi connectivity index (χ0n) is 16.4. The molecule has 6 heteroatoms. The highest BCUT2D eigenvalue weighted by molar-refractivity contribution is 8.00. The lowest BCUT2D eigenvalue weighted by molar-refractivity contribution is 0.442. The molecule has 0 unspecified atom stereocenters. The van der Waals surface area contributed by atoms with Gasteiger partial charge in [0.05, 0.1) is 9.88 Å². The first kappa shape index (κ1) is 19.4. The van der Waals surface area contributed by atoms with Crippen molar-refractivity contribution in [2.75, 3.05) is 5.32 Å². The molecule has 1 aliphatic rings. The molecular formula is C22H26N4S2. The standard InChI is InChI=1S/C22H26N4S2/c1-15(2)27-19-13-17(25-21-9-6-12-24-26-21)10-11-18(19)20-14-23-22(28-20)16-7-4-3-5-8-16/h6,9-16H,3-5,7-8H2,1-2H3,(H,25,26). The highest BCUT2D eigenvalue weighted by atomic mass is 32.2. The molecule has 2 aromatic heterocycles. The van der Waals surface area contributed by atoms with E-state index in [1.54, 1.807) is 6.20 Å². The molecule has 1 saturated carbocycles. The van der Waals surface area contributed by atoms with Gasteiger partial charge in [0.1, 0.15) is 0 Å². The zero-order chi connectivity index (χ0) is 19.3. The smallest absolute Gasteiger partial charge is 0.153 e. The summed E-state index contributed by atoms with van der Waals surface area (Å²) in [6, 6.07) is 10.4. The van der Waals surface area contributed by atoms with Crippen LogP contribution in [0.4, 0.5) is 11.5 Å². The van der Waals surface area contributed by atoms with Crippen molar-refractivity contribution in [3.8, 4) is 10.4 Å². The molecule has 1 aromatic carbocycles. The van der Waals surface area contributed by atoms with Crippen molar-refractivity contribution in [1.82, 2.24) is 15.2 Å². The van der Waals surface area contributed by atoms with Crippen LogP contribution in [0.2, 0.25) is 0 Å². The molecule has 28 heavy (non-hydrogen) atoms. The average molecular weight is 411 g/mol. The summed E-state index contributed by atoms with van der Waals surface area (Å²) in [6.07, 6.45) is 10.4. The van der Waals surface area contributed by atoms with E-state index in [-0.39, 0.29) is 0 Å². The van der Waals surface area contributed by atoms with Gasteiger partial charge in [0.25, 0.3) is 0 Å². The van der Waals surface area contributed by atoms with E-state index in [9.17, 15) is 0 Å². The molecule has 1 aliphatic carbocycles. The summed E-state index contributed by atoms with van der Waals surface area (Å²) in [6.45, 7) is 4.47. The van der Waals surface area contributed by atoms with Crippen LogP contribution >= 0.6 is 23.1 Å². The third kappa shape index (κ3) is 4.73. The highest BCUT2D eigenvalue weighted by Gasteiger charge is 2.20. The molecule has 1 fully saturated rings. The minimum atomic E-state index is 0.510. The van der Waals surface area contributed by atoms with E-state index in [4.69, 9.17) is 4.98 Å². The molecule has 2 heterocycles. The number of hydrogen-bond acceptors (Lipinski definition) is 6. The summed E-state index contributed by atoms with van der Waals surface area (Å²) in [5.74, 6) is 1.42. The van der Waals surface area contributed by atoms with Crippen LogP contribution in [0.1, 0.15) is 56.9 Å². The molecule has 0 aliphatic heterocycles. The van der Waals surface area contributed by atoms with Gasteiger partial charge in [-0.25, -0.2) is 4.98 Å². The third-order valence-electron chi connectivity index (χ3n) is 4.93. The Labute approximate surface area is 175 Å². The number of nitrogens with one attached hydrogen (secondary N) is 1. The zero-order valence-corrected chi connectivity index (χ0v) is 18.0. The first-order valence-corrected chi connectivity index (χ1v) is 11.7. The molecule has 0 bridgehead atoms. The maximum Gasteiger partial charge on any atom is 0.153 e. The Morgan fingerprint density at radius 3 is 2.75 bits per heavy atom. The predicted octanol–water partition coefficient (Wildman–Crippen LogP) is 6.89. The second-order valence-electron chi connectivity index (χ2n) is 7.51. The number of rotatable bonds is 6. The Kier molecular flexibility index (Phi) is 6.27. The number of thiazole rings is 1. The lowest BCUT2D eigenvalue weighted by atomic mass is 9.90. The number of thioether (sulfide) groups is 1. The minimum absolute atomic E-state index is 0.510. The van der Waals surface area contributed by atoms with Crippen molar-refractivity contribution in [2.45, 2.75) is 62.0 Å². The maximum atomic E-state index is 4.80. The second kappa shape index (κ2) is 9.05. The fourth-order valence-corrected chi connectivity index (χ4v) is 5.82. The summed E-state index contributed by atoms with van der Waals surface area (Å²) in [5, 5.41) is 13.2. The lowest BCUT2D eigenvalue weighted by Gasteiger charge is -2.19. The van der Waals surface area contributed by atoms with Gasteiger partial charge in [-0.1, -0.05) is 39.2 Å². The molecule has 3 aromatic rings. The van der Waals surface area contributed by atoms with E-state index in [0.29, 0.717) is 11.2 Å². The molecule has 0 saturated heterocycles. The molecule has 146 valence electrons. The molecule has 4 rings (SSSR count). The fourth-order valence-electron chi connectivity index (χ4n) is 3.62. The van der Waals surface area contributed by atoms with Gasteiger partial charge in [-0.05, 0) is 37.1 Å². The lowest BCUT2D eigenvalue weighted by Crippen LogP contribution is -2.03. The Balaban J connectivity index is 1.61. The quantitative estimate of drug-likeness (QED) is 0.448. The predicted molar refractivity (Wildman–Crippen MR) is 120 cm³/mol. The van der Waals surface area contributed by atoms with Crippen LogP contribution < -0.4 is 5.32 Å². The molecule has 4 nitrogen and oxygen atoms in total. The van der Waals surface area contributed by atoms with Crippen LogP contribution in [0.5, 0.6) is 0 Å². The Hall–Kier alpha value is -1.92. The number of aromatic nitrogens is 3. The Bertz CT molecular complexity index is 902. The Morgan fingerprint density at radius 2 is 2.00 bits per heavy atom. The van der Waals surface area contributed by atoms with Gasteiger partial charge in [0, 0.05) is 39.7 Å². The van der Waals surface area contributed by atoms with Gasteiger partial charge in [-0.3, -0.25) is 0 Å². The van der Waals surface area contributed by atoms with E-state index < -0.39 is 0 Å². The molecule has 0 spiro atoms. The second-order valence-corrected chi connectivity index (χ2v) is 10.2. The van der Waals surface area contributed by atoms with Crippen LogP contribution in [-0.4, -0.2) is 20.4 Å². The monoisotopic (exact) mass is 410 g/mol. The van der Waals surface area contributed by atoms with Gasteiger partial charge in [-0.2, -0.15) is 5.10 Å². The van der Waals surface area contributed by atoms with Crippen molar-refractivity contribution >= 4 is 34.6 Å². The fraction of sp³-hybridized carbons (Fsp3) is 0.409. The topological polar surface area (TPSA) is 50.7 Å². The van der Waals surface area contributed by atoms with Gasteiger partial charge in [-0.15, -0.1) is 28.2 Å². The van der Waals surface area contributed by atoms with E-state index in [1.165, 1.54) is 52.4 Å². The average Bonchev–Trinajstić information content (AvgIpc) is 3.19. The van der Waals surface area contributed by atoms with E-state index in [1.807, 2.05) is 35.2 Å². The number of benzene rings is 1. The SMILES string of the molecule is CC(C)Sc1cc(Nc2cccnn2)ccc1-c1cnc(C2CCCCC2)s1. The highest BCUT2D eigenvalue weighted by Crippen LogP contribution is 2.41. The summed E-state index contributed by atoms with van der Waals surface area (Å²) < 4.78 is 0. The number of nitrogens with zero attached hydrogens (tertiary/aromatic N) is 3. The molecule has 0 radical (unpaired) electrons. The van der Waals surface area contributed by atoms with Gasteiger partial charge < -0.3 is 5.32 Å². The minimum Gasteiger partial charge on any atom is -0.339 e. The van der Waals surface area contributed by atoms with E-state index >= 15 is 0 Å². The van der Waals surface area contributed by atoms with Crippen molar-refractivity contribution in [3.63, 3.8) is 0 Å². The van der Waals surface area contributed by atoms with Crippen LogP contribution in [0, 0.1) is 0 Å². The van der Waals surface area contributed by atoms with Crippen molar-refractivity contribution in [2.24, 2.45) is 0 Å². The first-order chi connectivity index (χ1) is 13.7. The van der Waals surface area contributed by atoms with Gasteiger partial charge in [0.2, 0.25) is 0 Å². The Morgan fingerprint density at radius 1 is 1.14 bits per heavy atom. The summed E-state index contributed by atoms with van der Waals surface area (Å²) >= 11 is 3.77. The van der Waals surface area contributed by atoms with Crippen molar-refractivity contribution in [1.29, 1.82) is 0 Å². The molecule has 0 atom stereocenters. The van der Waals surface area contributed by atoms with Crippen LogP contribution in [0.25, 0.3) is 10.4 Å². The van der Waals surface area contributed by atoms with Crippen molar-refractivity contribution in [3.05, 3.63) is 47.7 Å². The summed E-state index contributed by atoms with van der Waals surface area (Å²) in [7, 11) is 0. The maximum absolute atomic E-state index is 4.80. The van der Waals surface area contributed by atoms with Gasteiger partial charge >= 0.3 is 0 Å². The molecule has 0 amide bonds. The van der Waals surface area contributed by atoms with E-state index in [2.05, 4.69) is 53.8 Å². The molecule has 1 N–H and O–H groups in total. The van der Waals surface area contributed by atoms with Crippen molar-refractivity contribution < 1.29 is 0 Å². The molecular weight excluding hydrogens is 384 g/mol. The first-order valence-electron chi connectivity index (χ1n) is 10.0.